The summed E-state index contributed by atoms with van der Waals surface area (Å²) in [7, 11) is 0. The standard InChI is InChI=1S/C17H20BrN3O2S/c18-14-8-6-13(7-9-14)16-20-21-17(23-16)24-11-15(22)19-10-12-4-2-1-3-5-12/h6-9,12H,1-5,10-11H2,(H,19,22). The third-order valence-corrected chi connectivity index (χ3v) is 5.48. The van der Waals surface area contributed by atoms with Gasteiger partial charge in [-0.2, -0.15) is 0 Å². The highest BCUT2D eigenvalue weighted by molar-refractivity contribution is 9.10. The van der Waals surface area contributed by atoms with Crippen LogP contribution in [0.15, 0.2) is 38.4 Å². The first-order valence-corrected chi connectivity index (χ1v) is 9.97. The van der Waals surface area contributed by atoms with Crippen molar-refractivity contribution in [1.82, 2.24) is 15.5 Å². The van der Waals surface area contributed by atoms with Crippen LogP contribution in [0.3, 0.4) is 0 Å². The van der Waals surface area contributed by atoms with Gasteiger partial charge >= 0.3 is 0 Å². The van der Waals surface area contributed by atoms with Crippen LogP contribution in [0.2, 0.25) is 0 Å². The third-order valence-electron chi connectivity index (χ3n) is 4.14. The molecule has 1 aliphatic carbocycles. The van der Waals surface area contributed by atoms with E-state index in [0.29, 0.717) is 22.8 Å². The van der Waals surface area contributed by atoms with Crippen molar-refractivity contribution in [1.29, 1.82) is 0 Å². The van der Waals surface area contributed by atoms with Gasteiger partial charge in [0.15, 0.2) is 0 Å². The Balaban J connectivity index is 1.44. The van der Waals surface area contributed by atoms with E-state index in [1.165, 1.54) is 43.9 Å². The number of hydrogen-bond acceptors (Lipinski definition) is 5. The molecule has 5 nitrogen and oxygen atoms in total. The van der Waals surface area contributed by atoms with Crippen LogP contribution in [-0.2, 0) is 4.79 Å². The zero-order chi connectivity index (χ0) is 16.8. The Labute approximate surface area is 154 Å². The number of thioether (sulfide) groups is 1. The highest BCUT2D eigenvalue weighted by atomic mass is 79.9. The van der Waals surface area contributed by atoms with E-state index in [4.69, 9.17) is 4.42 Å². The molecule has 0 radical (unpaired) electrons. The number of hydrogen-bond donors (Lipinski definition) is 1. The number of carbonyl (C=O) groups is 1. The number of amides is 1. The molecule has 0 aliphatic heterocycles. The van der Waals surface area contributed by atoms with Crippen molar-refractivity contribution in [3.05, 3.63) is 28.7 Å². The molecule has 3 rings (SSSR count). The Hall–Kier alpha value is -1.34. The van der Waals surface area contributed by atoms with Crippen LogP contribution in [0, 0.1) is 5.92 Å². The van der Waals surface area contributed by atoms with E-state index in [9.17, 15) is 4.79 Å². The lowest BCUT2D eigenvalue weighted by Crippen LogP contribution is -2.31. The van der Waals surface area contributed by atoms with E-state index < -0.39 is 0 Å². The number of nitrogens with zero attached hydrogens (tertiary/aromatic N) is 2. The molecule has 1 aromatic heterocycles. The SMILES string of the molecule is O=C(CSc1nnc(-c2ccc(Br)cc2)o1)NCC1CCCCC1. The molecule has 1 heterocycles. The fourth-order valence-electron chi connectivity index (χ4n) is 2.80. The first kappa shape index (κ1) is 17.5. The van der Waals surface area contributed by atoms with E-state index >= 15 is 0 Å². The van der Waals surface area contributed by atoms with Crippen LogP contribution >= 0.6 is 27.7 Å². The number of benzene rings is 1. The van der Waals surface area contributed by atoms with Gasteiger partial charge in [0.25, 0.3) is 5.22 Å². The molecule has 1 fully saturated rings. The minimum atomic E-state index is 0.0222. The van der Waals surface area contributed by atoms with E-state index in [0.717, 1.165) is 16.6 Å². The van der Waals surface area contributed by atoms with Gasteiger partial charge in [-0.1, -0.05) is 47.0 Å². The van der Waals surface area contributed by atoms with Crippen molar-refractivity contribution in [2.24, 2.45) is 5.92 Å². The Bertz CT molecular complexity index is 669. The molecule has 0 unspecified atom stereocenters. The molecule has 128 valence electrons. The first-order chi connectivity index (χ1) is 11.7. The van der Waals surface area contributed by atoms with Crippen molar-refractivity contribution < 1.29 is 9.21 Å². The Morgan fingerprint density at radius 2 is 1.96 bits per heavy atom. The highest BCUT2D eigenvalue weighted by Gasteiger charge is 2.15. The molecule has 0 spiro atoms. The molecule has 1 N–H and O–H groups in total. The molecule has 0 bridgehead atoms. The van der Waals surface area contributed by atoms with Gasteiger partial charge in [-0.05, 0) is 43.0 Å². The largest absolute Gasteiger partial charge is 0.411 e. The molecule has 24 heavy (non-hydrogen) atoms. The maximum atomic E-state index is 11.9. The van der Waals surface area contributed by atoms with Crippen LogP contribution < -0.4 is 5.32 Å². The molecule has 2 aromatic rings. The second-order valence-electron chi connectivity index (χ2n) is 5.98. The Morgan fingerprint density at radius 1 is 1.21 bits per heavy atom. The molecule has 1 amide bonds. The summed E-state index contributed by atoms with van der Waals surface area (Å²) in [6.07, 6.45) is 6.37. The predicted molar refractivity (Wildman–Crippen MR) is 97.7 cm³/mol. The maximum absolute atomic E-state index is 11.9. The van der Waals surface area contributed by atoms with Crippen LogP contribution in [0.1, 0.15) is 32.1 Å². The van der Waals surface area contributed by atoms with Crippen molar-refractivity contribution in [3.8, 4) is 11.5 Å². The lowest BCUT2D eigenvalue weighted by molar-refractivity contribution is -0.118. The van der Waals surface area contributed by atoms with Crippen LogP contribution in [0.25, 0.3) is 11.5 Å². The van der Waals surface area contributed by atoms with Crippen LogP contribution in [-0.4, -0.2) is 28.4 Å². The van der Waals surface area contributed by atoms with Gasteiger partial charge in [-0.25, -0.2) is 0 Å². The third kappa shape index (κ3) is 5.08. The number of carbonyl (C=O) groups excluding carboxylic acids is 1. The topological polar surface area (TPSA) is 68.0 Å². The molecular formula is C17H20BrN3O2S. The molecule has 1 aromatic carbocycles. The summed E-state index contributed by atoms with van der Waals surface area (Å²) in [4.78, 5) is 11.9. The van der Waals surface area contributed by atoms with E-state index in [2.05, 4.69) is 31.4 Å². The summed E-state index contributed by atoms with van der Waals surface area (Å²) in [5, 5.41) is 11.5. The van der Waals surface area contributed by atoms with Gasteiger partial charge in [-0.3, -0.25) is 4.79 Å². The number of halogens is 1. The van der Waals surface area contributed by atoms with Crippen LogP contribution in [0.4, 0.5) is 0 Å². The Kier molecular flexibility index (Phi) is 6.31. The van der Waals surface area contributed by atoms with E-state index in [1.807, 2.05) is 24.3 Å². The summed E-state index contributed by atoms with van der Waals surface area (Å²) >= 11 is 4.66. The van der Waals surface area contributed by atoms with Crippen molar-refractivity contribution in [2.75, 3.05) is 12.3 Å². The summed E-state index contributed by atoms with van der Waals surface area (Å²) in [6, 6.07) is 7.65. The average molecular weight is 410 g/mol. The minimum Gasteiger partial charge on any atom is -0.411 e. The number of rotatable bonds is 6. The second-order valence-corrected chi connectivity index (χ2v) is 7.82. The van der Waals surface area contributed by atoms with Gasteiger partial charge in [0.1, 0.15) is 0 Å². The molecule has 1 aliphatic rings. The van der Waals surface area contributed by atoms with Crippen molar-refractivity contribution in [3.63, 3.8) is 0 Å². The summed E-state index contributed by atoms with van der Waals surface area (Å²) in [6.45, 7) is 0.785. The van der Waals surface area contributed by atoms with Gasteiger partial charge < -0.3 is 9.73 Å². The molecule has 0 atom stereocenters. The van der Waals surface area contributed by atoms with Gasteiger partial charge in [0, 0.05) is 16.6 Å². The van der Waals surface area contributed by atoms with E-state index in [-0.39, 0.29) is 5.91 Å². The minimum absolute atomic E-state index is 0.0222. The summed E-state index contributed by atoms with van der Waals surface area (Å²) < 4.78 is 6.60. The van der Waals surface area contributed by atoms with Crippen LogP contribution in [0.5, 0.6) is 0 Å². The predicted octanol–water partition coefficient (Wildman–Crippen LogP) is 4.29. The molecule has 0 saturated heterocycles. The quantitative estimate of drug-likeness (QED) is 0.720. The highest BCUT2D eigenvalue weighted by Crippen LogP contribution is 2.25. The van der Waals surface area contributed by atoms with E-state index in [1.54, 1.807) is 0 Å². The van der Waals surface area contributed by atoms with Gasteiger partial charge in [0.05, 0.1) is 5.75 Å². The average Bonchev–Trinajstić information content (AvgIpc) is 3.09. The zero-order valence-electron chi connectivity index (χ0n) is 13.3. The molecular weight excluding hydrogens is 390 g/mol. The smallest absolute Gasteiger partial charge is 0.277 e. The lowest BCUT2D eigenvalue weighted by atomic mass is 9.89. The molecule has 1 saturated carbocycles. The summed E-state index contributed by atoms with van der Waals surface area (Å²) in [5.74, 6) is 1.43. The first-order valence-electron chi connectivity index (χ1n) is 8.19. The monoisotopic (exact) mass is 409 g/mol. The van der Waals surface area contributed by atoms with Gasteiger partial charge in [-0.15, -0.1) is 10.2 Å². The fraction of sp³-hybridized carbons (Fsp3) is 0.471. The zero-order valence-corrected chi connectivity index (χ0v) is 15.7. The summed E-state index contributed by atoms with van der Waals surface area (Å²) in [5.41, 5.74) is 0.860. The van der Waals surface area contributed by atoms with Crippen molar-refractivity contribution >= 4 is 33.6 Å². The second kappa shape index (κ2) is 8.67. The molecule has 7 heteroatoms. The normalized spacial score (nSPS) is 15.4. The number of nitrogens with one attached hydrogen (secondary N) is 1. The fourth-order valence-corrected chi connectivity index (χ4v) is 3.66. The number of aromatic nitrogens is 2. The van der Waals surface area contributed by atoms with Crippen molar-refractivity contribution in [2.45, 2.75) is 37.3 Å². The van der Waals surface area contributed by atoms with Gasteiger partial charge in [0.2, 0.25) is 11.8 Å². The maximum Gasteiger partial charge on any atom is 0.277 e. The Morgan fingerprint density at radius 3 is 2.71 bits per heavy atom. The lowest BCUT2D eigenvalue weighted by Gasteiger charge is -2.21.